The molecule has 2 aromatic rings. The van der Waals surface area contributed by atoms with E-state index >= 15 is 0 Å². The molecule has 0 aliphatic carbocycles. The Labute approximate surface area is 164 Å². The third-order valence-corrected chi connectivity index (χ3v) is 5.48. The second kappa shape index (κ2) is 8.02. The van der Waals surface area contributed by atoms with Crippen LogP contribution in [0.5, 0.6) is 11.5 Å². The predicted molar refractivity (Wildman–Crippen MR) is 104 cm³/mol. The quantitative estimate of drug-likeness (QED) is 0.807. The molecular weight excluding hydrogens is 356 g/mol. The van der Waals surface area contributed by atoms with Crippen LogP contribution in [-0.2, 0) is 4.79 Å². The Kier molecular flexibility index (Phi) is 5.30. The first-order chi connectivity index (χ1) is 13.6. The number of likely N-dealkylation sites (tertiary alicyclic amines) is 1. The van der Waals surface area contributed by atoms with Gasteiger partial charge in [-0.2, -0.15) is 0 Å². The van der Waals surface area contributed by atoms with Crippen molar-refractivity contribution in [1.82, 2.24) is 4.90 Å². The topological polar surface area (TPSA) is 81.9 Å². The van der Waals surface area contributed by atoms with Crippen molar-refractivity contribution in [3.8, 4) is 11.5 Å². The maximum absolute atomic E-state index is 13.0. The lowest BCUT2D eigenvalue weighted by Gasteiger charge is -2.36. The summed E-state index contributed by atoms with van der Waals surface area (Å²) in [6.45, 7) is 2.34. The largest absolute Gasteiger partial charge is 0.486 e. The Morgan fingerprint density at radius 1 is 0.964 bits per heavy atom. The van der Waals surface area contributed by atoms with E-state index in [-0.39, 0.29) is 17.6 Å². The van der Waals surface area contributed by atoms with Gasteiger partial charge < -0.3 is 15.2 Å². The number of benzene rings is 2. The molecule has 1 fully saturated rings. The van der Waals surface area contributed by atoms with Gasteiger partial charge in [0.15, 0.2) is 17.3 Å². The Hall–Kier alpha value is -2.86. The van der Waals surface area contributed by atoms with Crippen LogP contribution in [0.2, 0.25) is 0 Å². The molecule has 2 aliphatic heterocycles. The summed E-state index contributed by atoms with van der Waals surface area (Å²) in [4.78, 5) is 27.1. The van der Waals surface area contributed by atoms with E-state index in [9.17, 15) is 9.59 Å². The lowest BCUT2D eigenvalue weighted by atomic mass is 9.87. The molecule has 1 atom stereocenters. The van der Waals surface area contributed by atoms with Crippen LogP contribution in [-0.4, -0.2) is 42.9 Å². The summed E-state index contributed by atoms with van der Waals surface area (Å²) in [7, 11) is 0. The van der Waals surface area contributed by atoms with Gasteiger partial charge in [0.1, 0.15) is 19.3 Å². The molecule has 6 heteroatoms. The number of hydrogen-bond acceptors (Lipinski definition) is 5. The molecule has 2 aliphatic rings. The fourth-order valence-corrected chi connectivity index (χ4v) is 4.04. The van der Waals surface area contributed by atoms with Gasteiger partial charge in [-0.25, -0.2) is 0 Å². The van der Waals surface area contributed by atoms with Gasteiger partial charge in [0, 0.05) is 11.5 Å². The Morgan fingerprint density at radius 3 is 2.32 bits per heavy atom. The third kappa shape index (κ3) is 3.73. The Balaban J connectivity index is 1.43. The van der Waals surface area contributed by atoms with Gasteiger partial charge in [0.05, 0.1) is 0 Å². The number of ether oxygens (including phenoxy) is 2. The van der Waals surface area contributed by atoms with Gasteiger partial charge in [0.2, 0.25) is 5.91 Å². The number of rotatable bonds is 5. The normalized spacial score (nSPS) is 18.4. The van der Waals surface area contributed by atoms with E-state index in [0.717, 1.165) is 5.56 Å². The first-order valence-electron chi connectivity index (χ1n) is 9.65. The van der Waals surface area contributed by atoms with Crippen molar-refractivity contribution < 1.29 is 19.1 Å². The molecule has 0 bridgehead atoms. The van der Waals surface area contributed by atoms with Crippen LogP contribution in [0.25, 0.3) is 0 Å². The SMILES string of the molecule is NC(=O)[C@H](c1ccccc1)N1CCC(C(=O)c2ccc3c(c2)OCCO3)CC1. The Bertz CT molecular complexity index is 860. The molecular formula is C22H24N2O4. The fourth-order valence-electron chi connectivity index (χ4n) is 4.04. The van der Waals surface area contributed by atoms with Crippen molar-refractivity contribution in [3.05, 3.63) is 59.7 Å². The van der Waals surface area contributed by atoms with Crippen molar-refractivity contribution >= 4 is 11.7 Å². The number of ketones is 1. The summed E-state index contributed by atoms with van der Waals surface area (Å²) in [5, 5.41) is 0. The molecule has 1 amide bonds. The van der Waals surface area contributed by atoms with Gasteiger partial charge in [0.25, 0.3) is 0 Å². The Morgan fingerprint density at radius 2 is 1.64 bits per heavy atom. The maximum Gasteiger partial charge on any atom is 0.239 e. The zero-order chi connectivity index (χ0) is 19.5. The number of Topliss-reactive ketones (excluding diaryl/α,β-unsaturated/α-hetero) is 1. The standard InChI is InChI=1S/C22H24N2O4/c23-22(26)20(15-4-2-1-3-5-15)24-10-8-16(9-11-24)21(25)17-6-7-18-19(14-17)28-13-12-27-18/h1-7,14,16,20H,8-13H2,(H2,23,26)/t20-/m0/s1. The van der Waals surface area contributed by atoms with Crippen LogP contribution in [0.4, 0.5) is 0 Å². The van der Waals surface area contributed by atoms with Gasteiger partial charge in [-0.05, 0) is 49.7 Å². The summed E-state index contributed by atoms with van der Waals surface area (Å²) in [5.74, 6) is 1.01. The van der Waals surface area contributed by atoms with E-state index in [4.69, 9.17) is 15.2 Å². The molecule has 0 unspecified atom stereocenters. The number of fused-ring (bicyclic) bond motifs is 1. The van der Waals surface area contributed by atoms with Crippen LogP contribution < -0.4 is 15.2 Å². The molecule has 146 valence electrons. The minimum atomic E-state index is -0.452. The van der Waals surface area contributed by atoms with Crippen molar-refractivity contribution in [1.29, 1.82) is 0 Å². The molecule has 2 N–H and O–H groups in total. The highest BCUT2D eigenvalue weighted by Gasteiger charge is 2.32. The summed E-state index contributed by atoms with van der Waals surface area (Å²) >= 11 is 0. The number of nitrogens with two attached hydrogens (primary N) is 1. The molecule has 4 rings (SSSR count). The zero-order valence-corrected chi connectivity index (χ0v) is 15.7. The van der Waals surface area contributed by atoms with Crippen LogP contribution >= 0.6 is 0 Å². The van der Waals surface area contributed by atoms with Gasteiger partial charge in [-0.1, -0.05) is 30.3 Å². The van der Waals surface area contributed by atoms with E-state index in [1.165, 1.54) is 0 Å². The first-order valence-corrected chi connectivity index (χ1v) is 9.65. The highest BCUT2D eigenvalue weighted by molar-refractivity contribution is 5.98. The molecule has 0 saturated carbocycles. The summed E-state index contributed by atoms with van der Waals surface area (Å²) < 4.78 is 11.1. The predicted octanol–water partition coefficient (Wildman–Crippen LogP) is 2.58. The summed E-state index contributed by atoms with van der Waals surface area (Å²) in [5.41, 5.74) is 7.22. The van der Waals surface area contributed by atoms with E-state index in [1.54, 1.807) is 18.2 Å². The smallest absolute Gasteiger partial charge is 0.239 e. The van der Waals surface area contributed by atoms with E-state index in [2.05, 4.69) is 4.90 Å². The monoisotopic (exact) mass is 380 g/mol. The molecule has 0 radical (unpaired) electrons. The van der Waals surface area contributed by atoms with Crippen LogP contribution in [0.3, 0.4) is 0 Å². The number of carbonyl (C=O) groups excluding carboxylic acids is 2. The molecule has 1 saturated heterocycles. The maximum atomic E-state index is 13.0. The molecule has 2 heterocycles. The van der Waals surface area contributed by atoms with Crippen LogP contribution in [0.1, 0.15) is 34.8 Å². The number of primary amides is 1. The second-order valence-corrected chi connectivity index (χ2v) is 7.25. The highest BCUT2D eigenvalue weighted by atomic mass is 16.6. The molecule has 2 aromatic carbocycles. The number of piperidine rings is 1. The van der Waals surface area contributed by atoms with Gasteiger partial charge >= 0.3 is 0 Å². The fraction of sp³-hybridized carbons (Fsp3) is 0.364. The lowest BCUT2D eigenvalue weighted by Crippen LogP contribution is -2.43. The van der Waals surface area contributed by atoms with Crippen LogP contribution in [0.15, 0.2) is 48.5 Å². The first kappa shape index (κ1) is 18.5. The van der Waals surface area contributed by atoms with E-state index in [1.807, 2.05) is 30.3 Å². The number of amides is 1. The van der Waals surface area contributed by atoms with Crippen molar-refractivity contribution in [2.75, 3.05) is 26.3 Å². The van der Waals surface area contributed by atoms with Crippen molar-refractivity contribution in [2.24, 2.45) is 11.7 Å². The van der Waals surface area contributed by atoms with Crippen molar-refractivity contribution in [3.63, 3.8) is 0 Å². The van der Waals surface area contributed by atoms with Crippen molar-refractivity contribution in [2.45, 2.75) is 18.9 Å². The third-order valence-electron chi connectivity index (χ3n) is 5.48. The summed E-state index contributed by atoms with van der Waals surface area (Å²) in [6.07, 6.45) is 1.40. The second-order valence-electron chi connectivity index (χ2n) is 7.25. The molecule has 28 heavy (non-hydrogen) atoms. The van der Waals surface area contributed by atoms with Gasteiger partial charge in [-0.15, -0.1) is 0 Å². The highest BCUT2D eigenvalue weighted by Crippen LogP contribution is 2.33. The summed E-state index contributed by atoms with van der Waals surface area (Å²) in [6, 6.07) is 14.5. The van der Waals surface area contributed by atoms with E-state index < -0.39 is 6.04 Å². The molecule has 0 aromatic heterocycles. The average molecular weight is 380 g/mol. The zero-order valence-electron chi connectivity index (χ0n) is 15.7. The minimum absolute atomic E-state index is 0.0666. The number of hydrogen-bond donors (Lipinski definition) is 1. The lowest BCUT2D eigenvalue weighted by molar-refractivity contribution is -0.124. The molecule has 0 spiro atoms. The van der Waals surface area contributed by atoms with E-state index in [0.29, 0.717) is 56.2 Å². The minimum Gasteiger partial charge on any atom is -0.486 e. The van der Waals surface area contributed by atoms with Gasteiger partial charge in [-0.3, -0.25) is 14.5 Å². The molecule has 6 nitrogen and oxygen atoms in total. The van der Waals surface area contributed by atoms with Crippen LogP contribution in [0, 0.1) is 5.92 Å². The number of nitrogens with zero attached hydrogens (tertiary/aromatic N) is 1. The number of carbonyl (C=O) groups is 2. The average Bonchev–Trinajstić information content (AvgIpc) is 2.74.